The molecule has 0 radical (unpaired) electrons. The molecule has 0 saturated carbocycles. The van der Waals surface area contributed by atoms with E-state index in [0.717, 1.165) is 16.7 Å². The number of thioether (sulfide) groups is 1. The second-order valence-electron chi connectivity index (χ2n) is 4.74. The van der Waals surface area contributed by atoms with E-state index >= 15 is 0 Å². The van der Waals surface area contributed by atoms with Gasteiger partial charge in [0, 0.05) is 16.7 Å². The van der Waals surface area contributed by atoms with Crippen molar-refractivity contribution < 1.29 is 9.21 Å². The highest BCUT2D eigenvalue weighted by atomic mass is 32.2. The number of hydrogen-bond acceptors (Lipinski definition) is 5. The van der Waals surface area contributed by atoms with Crippen LogP contribution in [-0.2, 0) is 5.75 Å². The highest BCUT2D eigenvalue weighted by Gasteiger charge is 2.19. The van der Waals surface area contributed by atoms with E-state index in [1.165, 1.54) is 0 Å². The molecule has 6 heteroatoms. The number of carbonyl (C=O) groups is 1. The molecule has 2 aromatic rings. The van der Waals surface area contributed by atoms with Crippen LogP contribution in [0.4, 0.5) is 0 Å². The average molecular weight is 293 g/mol. The maximum absolute atomic E-state index is 11.8. The van der Waals surface area contributed by atoms with Gasteiger partial charge in [0.15, 0.2) is 5.76 Å². The van der Waals surface area contributed by atoms with Crippen molar-refractivity contribution in [3.8, 4) is 0 Å². The van der Waals surface area contributed by atoms with E-state index in [0.29, 0.717) is 29.6 Å². The normalized spacial score (nSPS) is 12.6. The van der Waals surface area contributed by atoms with Crippen LogP contribution in [0.5, 0.6) is 0 Å². The lowest BCUT2D eigenvalue weighted by atomic mass is 10.1. The molecular weight excluding hydrogens is 274 g/mol. The first-order valence-electron chi connectivity index (χ1n) is 6.46. The Bertz CT molecular complexity index is 597. The fourth-order valence-corrected chi connectivity index (χ4v) is 3.07. The highest BCUT2D eigenvalue weighted by molar-refractivity contribution is 7.98. The third-order valence-electron chi connectivity index (χ3n) is 3.09. The molecule has 0 aliphatic rings. The SMILES string of the molecule is CC(CN)CSCc1c(C(=O)NN)oc2ccccc12. The zero-order valence-electron chi connectivity index (χ0n) is 11.4. The molecule has 1 amide bonds. The lowest BCUT2D eigenvalue weighted by molar-refractivity contribution is 0.0927. The number of furan rings is 1. The van der Waals surface area contributed by atoms with E-state index in [2.05, 4.69) is 12.3 Å². The van der Waals surface area contributed by atoms with Crippen molar-refractivity contribution in [1.29, 1.82) is 0 Å². The monoisotopic (exact) mass is 293 g/mol. The Balaban J connectivity index is 2.26. The Hall–Kier alpha value is -1.50. The van der Waals surface area contributed by atoms with Crippen LogP contribution >= 0.6 is 11.8 Å². The molecule has 1 atom stereocenters. The fourth-order valence-electron chi connectivity index (χ4n) is 1.92. The molecule has 1 aromatic carbocycles. The first-order chi connectivity index (χ1) is 9.67. The maximum atomic E-state index is 11.8. The summed E-state index contributed by atoms with van der Waals surface area (Å²) in [5.74, 6) is 7.20. The molecule has 0 bridgehead atoms. The number of fused-ring (bicyclic) bond motifs is 1. The van der Waals surface area contributed by atoms with Gasteiger partial charge in [0.1, 0.15) is 5.58 Å². The van der Waals surface area contributed by atoms with Crippen molar-refractivity contribution >= 4 is 28.6 Å². The Morgan fingerprint density at radius 3 is 2.90 bits per heavy atom. The number of amides is 1. The predicted octanol–water partition coefficient (Wildman–Crippen LogP) is 1.86. The van der Waals surface area contributed by atoms with Gasteiger partial charge in [-0.25, -0.2) is 5.84 Å². The second kappa shape index (κ2) is 6.78. The Kier molecular flexibility index (Phi) is 5.05. The van der Waals surface area contributed by atoms with Gasteiger partial charge in [0.25, 0.3) is 0 Å². The molecule has 1 unspecified atom stereocenters. The molecule has 0 saturated heterocycles. The van der Waals surface area contributed by atoms with Gasteiger partial charge in [-0.15, -0.1) is 0 Å². The summed E-state index contributed by atoms with van der Waals surface area (Å²) in [6.45, 7) is 2.77. The molecule has 0 fully saturated rings. The largest absolute Gasteiger partial charge is 0.451 e. The van der Waals surface area contributed by atoms with E-state index in [-0.39, 0.29) is 0 Å². The lowest BCUT2D eigenvalue weighted by Gasteiger charge is -2.07. The molecule has 20 heavy (non-hydrogen) atoms. The topological polar surface area (TPSA) is 94.3 Å². The van der Waals surface area contributed by atoms with Gasteiger partial charge in [0.2, 0.25) is 0 Å². The number of nitrogens with two attached hydrogens (primary N) is 2. The minimum Gasteiger partial charge on any atom is -0.451 e. The molecule has 5 N–H and O–H groups in total. The summed E-state index contributed by atoms with van der Waals surface area (Å²) in [7, 11) is 0. The third kappa shape index (κ3) is 3.15. The predicted molar refractivity (Wildman–Crippen MR) is 82.2 cm³/mol. The van der Waals surface area contributed by atoms with Gasteiger partial charge in [-0.3, -0.25) is 10.2 Å². The summed E-state index contributed by atoms with van der Waals surface area (Å²) < 4.78 is 5.61. The van der Waals surface area contributed by atoms with Crippen molar-refractivity contribution in [3.63, 3.8) is 0 Å². The van der Waals surface area contributed by atoms with E-state index in [1.807, 2.05) is 24.3 Å². The first kappa shape index (κ1) is 14.9. The van der Waals surface area contributed by atoms with Crippen molar-refractivity contribution in [2.24, 2.45) is 17.5 Å². The smallest absolute Gasteiger partial charge is 0.301 e. The molecule has 0 aliphatic heterocycles. The summed E-state index contributed by atoms with van der Waals surface area (Å²) in [4.78, 5) is 11.8. The summed E-state index contributed by atoms with van der Waals surface area (Å²) in [5.41, 5.74) is 9.33. The minimum atomic E-state index is -0.399. The molecule has 0 aliphatic carbocycles. The maximum Gasteiger partial charge on any atom is 0.301 e. The average Bonchev–Trinajstić information content (AvgIpc) is 2.85. The molecule has 1 aromatic heterocycles. The number of nitrogens with one attached hydrogen (secondary N) is 1. The fraction of sp³-hybridized carbons (Fsp3) is 0.357. The third-order valence-corrected chi connectivity index (χ3v) is 4.38. The van der Waals surface area contributed by atoms with Crippen molar-refractivity contribution in [2.45, 2.75) is 12.7 Å². The lowest BCUT2D eigenvalue weighted by Crippen LogP contribution is -2.30. The van der Waals surface area contributed by atoms with Crippen LogP contribution in [0.15, 0.2) is 28.7 Å². The Morgan fingerprint density at radius 1 is 1.45 bits per heavy atom. The van der Waals surface area contributed by atoms with E-state index in [4.69, 9.17) is 16.0 Å². The summed E-state index contributed by atoms with van der Waals surface area (Å²) in [6.07, 6.45) is 0. The van der Waals surface area contributed by atoms with Gasteiger partial charge in [-0.2, -0.15) is 11.8 Å². The number of nitrogen functional groups attached to an aromatic ring is 1. The summed E-state index contributed by atoms with van der Waals surface area (Å²) in [5, 5.41) is 0.957. The van der Waals surface area contributed by atoms with Crippen molar-refractivity contribution in [3.05, 3.63) is 35.6 Å². The molecular formula is C14H19N3O2S. The first-order valence-corrected chi connectivity index (χ1v) is 7.62. The van der Waals surface area contributed by atoms with Gasteiger partial charge < -0.3 is 10.2 Å². The van der Waals surface area contributed by atoms with Gasteiger partial charge in [-0.05, 0) is 24.3 Å². The molecule has 1 heterocycles. The van der Waals surface area contributed by atoms with Crippen LogP contribution < -0.4 is 17.0 Å². The number of carbonyl (C=O) groups excluding carboxylic acids is 1. The number of benzene rings is 1. The van der Waals surface area contributed by atoms with Crippen LogP contribution in [0, 0.1) is 5.92 Å². The van der Waals surface area contributed by atoms with Crippen molar-refractivity contribution in [1.82, 2.24) is 5.43 Å². The van der Waals surface area contributed by atoms with E-state index in [1.54, 1.807) is 11.8 Å². The van der Waals surface area contributed by atoms with Gasteiger partial charge >= 0.3 is 5.91 Å². The standard InChI is InChI=1S/C14H19N3O2S/c1-9(6-15)7-20-8-11-10-4-2-3-5-12(10)19-13(11)14(18)17-16/h2-5,9H,6-8,15-16H2,1H3,(H,17,18). The van der Waals surface area contributed by atoms with Crippen LogP contribution in [0.1, 0.15) is 23.0 Å². The van der Waals surface area contributed by atoms with Crippen LogP contribution in [0.25, 0.3) is 11.0 Å². The zero-order chi connectivity index (χ0) is 14.5. The van der Waals surface area contributed by atoms with Crippen LogP contribution in [0.3, 0.4) is 0 Å². The number of rotatable bonds is 6. The van der Waals surface area contributed by atoms with E-state index < -0.39 is 5.91 Å². The Morgan fingerprint density at radius 2 is 2.20 bits per heavy atom. The number of para-hydroxylation sites is 1. The van der Waals surface area contributed by atoms with Crippen molar-refractivity contribution in [2.75, 3.05) is 12.3 Å². The van der Waals surface area contributed by atoms with Gasteiger partial charge in [0.05, 0.1) is 0 Å². The summed E-state index contributed by atoms with van der Waals surface area (Å²) in [6, 6.07) is 7.61. The number of hydrogen-bond donors (Lipinski definition) is 3. The minimum absolute atomic E-state index is 0.293. The zero-order valence-corrected chi connectivity index (χ0v) is 12.2. The van der Waals surface area contributed by atoms with E-state index in [9.17, 15) is 4.79 Å². The molecule has 5 nitrogen and oxygen atoms in total. The molecule has 108 valence electrons. The molecule has 2 rings (SSSR count). The van der Waals surface area contributed by atoms with Gasteiger partial charge in [-0.1, -0.05) is 25.1 Å². The molecule has 0 spiro atoms. The quantitative estimate of drug-likeness (QED) is 0.429. The number of hydrazine groups is 1. The van der Waals surface area contributed by atoms with Crippen LogP contribution in [0.2, 0.25) is 0 Å². The summed E-state index contributed by atoms with van der Waals surface area (Å²) >= 11 is 1.74. The Labute approximate surface area is 122 Å². The second-order valence-corrected chi connectivity index (χ2v) is 5.77. The highest BCUT2D eigenvalue weighted by Crippen LogP contribution is 2.29. The van der Waals surface area contributed by atoms with Crippen LogP contribution in [-0.4, -0.2) is 18.2 Å².